The molecule has 0 amide bonds. The second-order valence-corrected chi connectivity index (χ2v) is 5.71. The fourth-order valence-electron chi connectivity index (χ4n) is 1.49. The van der Waals surface area contributed by atoms with Crippen molar-refractivity contribution in [3.05, 3.63) is 52.5 Å². The topological polar surface area (TPSA) is 20.2 Å². The first-order chi connectivity index (χ1) is 8.19. The van der Waals surface area contributed by atoms with Crippen LogP contribution in [0.5, 0.6) is 5.75 Å². The molecular weight excluding hydrogens is 296 g/mol. The Morgan fingerprint density at radius 2 is 1.71 bits per heavy atom. The Hall–Kier alpha value is -0.930. The van der Waals surface area contributed by atoms with Gasteiger partial charge in [-0.3, -0.25) is 0 Å². The second kappa shape index (κ2) is 5.61. The van der Waals surface area contributed by atoms with Gasteiger partial charge in [0.05, 0.1) is 4.47 Å². The molecule has 2 aromatic rings. The van der Waals surface area contributed by atoms with E-state index in [0.29, 0.717) is 0 Å². The van der Waals surface area contributed by atoms with Gasteiger partial charge in [-0.1, -0.05) is 30.8 Å². The maximum absolute atomic E-state index is 9.60. The fraction of sp³-hybridized carbons (Fsp3) is 0.143. The van der Waals surface area contributed by atoms with Crippen molar-refractivity contribution in [1.29, 1.82) is 0 Å². The predicted molar refractivity (Wildman–Crippen MR) is 75.7 cm³/mol. The third kappa shape index (κ3) is 3.27. The van der Waals surface area contributed by atoms with Crippen LogP contribution in [0.3, 0.4) is 0 Å². The van der Waals surface area contributed by atoms with E-state index in [2.05, 4.69) is 47.1 Å². The molecule has 0 saturated heterocycles. The highest BCUT2D eigenvalue weighted by Gasteiger charge is 2.01. The second-order valence-electron chi connectivity index (χ2n) is 3.71. The van der Waals surface area contributed by atoms with Crippen LogP contribution in [0.25, 0.3) is 0 Å². The van der Waals surface area contributed by atoms with Crippen molar-refractivity contribution in [3.63, 3.8) is 0 Å². The summed E-state index contributed by atoms with van der Waals surface area (Å²) in [7, 11) is 0. The van der Waals surface area contributed by atoms with Gasteiger partial charge in [0.15, 0.2) is 0 Å². The van der Waals surface area contributed by atoms with Crippen molar-refractivity contribution in [3.8, 4) is 5.75 Å². The Morgan fingerprint density at radius 1 is 1.06 bits per heavy atom. The molecule has 0 atom stereocenters. The highest BCUT2D eigenvalue weighted by Crippen LogP contribution is 2.33. The van der Waals surface area contributed by atoms with E-state index in [-0.39, 0.29) is 5.75 Å². The first-order valence-corrected chi connectivity index (χ1v) is 7.05. The molecule has 0 heterocycles. The van der Waals surface area contributed by atoms with E-state index in [1.807, 2.05) is 12.1 Å². The number of phenols is 1. The van der Waals surface area contributed by atoms with Crippen molar-refractivity contribution in [2.45, 2.75) is 23.1 Å². The third-order valence-corrected chi connectivity index (χ3v) is 4.15. The molecule has 17 heavy (non-hydrogen) atoms. The van der Waals surface area contributed by atoms with Gasteiger partial charge in [-0.05, 0) is 58.2 Å². The standard InChI is InChI=1S/C14H13BrOS/c1-2-10-3-5-11(6-4-10)17-12-7-8-13(15)14(16)9-12/h3-9,16H,2H2,1H3. The summed E-state index contributed by atoms with van der Waals surface area (Å²) in [5, 5.41) is 9.60. The first kappa shape index (κ1) is 12.5. The van der Waals surface area contributed by atoms with E-state index in [1.165, 1.54) is 10.5 Å². The number of phenolic OH excluding ortho intramolecular Hbond substituents is 1. The molecule has 0 saturated carbocycles. The molecule has 0 aromatic heterocycles. The summed E-state index contributed by atoms with van der Waals surface area (Å²) in [5.74, 6) is 0.278. The van der Waals surface area contributed by atoms with Gasteiger partial charge in [0.2, 0.25) is 0 Å². The number of hydrogen-bond donors (Lipinski definition) is 1. The molecule has 0 unspecified atom stereocenters. The van der Waals surface area contributed by atoms with Crippen molar-refractivity contribution in [2.24, 2.45) is 0 Å². The molecule has 0 radical (unpaired) electrons. The van der Waals surface area contributed by atoms with Crippen molar-refractivity contribution in [2.75, 3.05) is 0 Å². The minimum absolute atomic E-state index is 0.278. The highest BCUT2D eigenvalue weighted by atomic mass is 79.9. The van der Waals surface area contributed by atoms with Crippen LogP contribution in [0, 0.1) is 0 Å². The zero-order valence-corrected chi connectivity index (χ0v) is 11.9. The summed E-state index contributed by atoms with van der Waals surface area (Å²) < 4.78 is 0.725. The van der Waals surface area contributed by atoms with E-state index in [1.54, 1.807) is 17.8 Å². The van der Waals surface area contributed by atoms with E-state index in [4.69, 9.17) is 0 Å². The SMILES string of the molecule is CCc1ccc(Sc2ccc(Br)c(O)c2)cc1. The molecule has 0 fully saturated rings. The molecule has 2 aromatic carbocycles. The van der Waals surface area contributed by atoms with Crippen LogP contribution < -0.4 is 0 Å². The largest absolute Gasteiger partial charge is 0.507 e. The summed E-state index contributed by atoms with van der Waals surface area (Å²) in [6, 6.07) is 14.1. The summed E-state index contributed by atoms with van der Waals surface area (Å²) in [6.45, 7) is 2.15. The van der Waals surface area contributed by atoms with Crippen molar-refractivity contribution >= 4 is 27.7 Å². The summed E-state index contributed by atoms with van der Waals surface area (Å²) in [4.78, 5) is 2.22. The lowest BCUT2D eigenvalue weighted by molar-refractivity contribution is 0.470. The number of halogens is 1. The Labute approximate surface area is 114 Å². The van der Waals surface area contributed by atoms with Gasteiger partial charge in [0.1, 0.15) is 5.75 Å². The van der Waals surface area contributed by atoms with Crippen LogP contribution in [0.1, 0.15) is 12.5 Å². The lowest BCUT2D eigenvalue weighted by Crippen LogP contribution is -1.79. The monoisotopic (exact) mass is 308 g/mol. The van der Waals surface area contributed by atoms with Gasteiger partial charge >= 0.3 is 0 Å². The number of aromatic hydroxyl groups is 1. The van der Waals surface area contributed by atoms with Crippen molar-refractivity contribution < 1.29 is 5.11 Å². The predicted octanol–water partition coefficient (Wildman–Crippen LogP) is 4.87. The lowest BCUT2D eigenvalue weighted by Gasteiger charge is -2.04. The highest BCUT2D eigenvalue weighted by molar-refractivity contribution is 9.10. The van der Waals surface area contributed by atoms with E-state index in [0.717, 1.165) is 15.8 Å². The van der Waals surface area contributed by atoms with E-state index in [9.17, 15) is 5.11 Å². The number of rotatable bonds is 3. The Bertz CT molecular complexity index is 508. The Morgan fingerprint density at radius 3 is 2.29 bits per heavy atom. The van der Waals surface area contributed by atoms with Gasteiger partial charge in [-0.15, -0.1) is 0 Å². The van der Waals surface area contributed by atoms with Gasteiger partial charge in [-0.2, -0.15) is 0 Å². The summed E-state index contributed by atoms with van der Waals surface area (Å²) in [5.41, 5.74) is 1.34. The minimum atomic E-state index is 0.278. The molecule has 1 nitrogen and oxygen atoms in total. The van der Waals surface area contributed by atoms with Crippen LogP contribution >= 0.6 is 27.7 Å². The van der Waals surface area contributed by atoms with E-state index < -0.39 is 0 Å². The Balaban J connectivity index is 2.16. The fourth-order valence-corrected chi connectivity index (χ4v) is 2.58. The van der Waals surface area contributed by atoms with Gasteiger partial charge in [0, 0.05) is 9.79 Å². The Kier molecular flexibility index (Phi) is 4.13. The first-order valence-electron chi connectivity index (χ1n) is 5.44. The zero-order valence-electron chi connectivity index (χ0n) is 9.48. The molecule has 0 spiro atoms. The van der Waals surface area contributed by atoms with Crippen LogP contribution in [-0.2, 0) is 6.42 Å². The van der Waals surface area contributed by atoms with Gasteiger partial charge < -0.3 is 5.11 Å². The maximum Gasteiger partial charge on any atom is 0.130 e. The van der Waals surface area contributed by atoms with E-state index >= 15 is 0 Å². The normalized spacial score (nSPS) is 10.5. The number of hydrogen-bond acceptors (Lipinski definition) is 2. The van der Waals surface area contributed by atoms with Crippen molar-refractivity contribution in [1.82, 2.24) is 0 Å². The average Bonchev–Trinajstić information content (AvgIpc) is 2.35. The smallest absolute Gasteiger partial charge is 0.130 e. The molecule has 88 valence electrons. The maximum atomic E-state index is 9.60. The summed E-state index contributed by atoms with van der Waals surface area (Å²) in [6.07, 6.45) is 1.06. The third-order valence-electron chi connectivity index (χ3n) is 2.48. The molecular formula is C14H13BrOS. The van der Waals surface area contributed by atoms with Crippen LogP contribution in [0.15, 0.2) is 56.7 Å². The van der Waals surface area contributed by atoms with Crippen LogP contribution in [0.2, 0.25) is 0 Å². The molecule has 3 heteroatoms. The zero-order chi connectivity index (χ0) is 12.3. The average molecular weight is 309 g/mol. The van der Waals surface area contributed by atoms with Crippen LogP contribution in [0.4, 0.5) is 0 Å². The molecule has 1 N–H and O–H groups in total. The molecule has 0 aliphatic rings. The molecule has 0 aliphatic heterocycles. The van der Waals surface area contributed by atoms with Crippen LogP contribution in [-0.4, -0.2) is 5.11 Å². The quantitative estimate of drug-likeness (QED) is 0.873. The minimum Gasteiger partial charge on any atom is -0.507 e. The number of aryl methyl sites for hydroxylation is 1. The lowest BCUT2D eigenvalue weighted by atomic mass is 10.2. The van der Waals surface area contributed by atoms with Gasteiger partial charge in [-0.25, -0.2) is 0 Å². The summed E-state index contributed by atoms with van der Waals surface area (Å²) >= 11 is 4.92. The molecule has 0 bridgehead atoms. The molecule has 2 rings (SSSR count). The van der Waals surface area contributed by atoms with Gasteiger partial charge in [0.25, 0.3) is 0 Å². The molecule has 0 aliphatic carbocycles. The number of benzene rings is 2.